The van der Waals surface area contributed by atoms with E-state index in [-0.39, 0.29) is 28.1 Å². The number of fused-ring (bicyclic) bond motifs is 6. The van der Waals surface area contributed by atoms with Gasteiger partial charge in [0, 0.05) is 21.5 Å². The Balaban J connectivity index is 0.000000152. The maximum atomic E-state index is 11.8. The van der Waals surface area contributed by atoms with Crippen molar-refractivity contribution in [2.75, 3.05) is 7.11 Å². The lowest BCUT2D eigenvalue weighted by Gasteiger charge is -2.07. The van der Waals surface area contributed by atoms with E-state index >= 15 is 0 Å². The van der Waals surface area contributed by atoms with Gasteiger partial charge >= 0.3 is 11.3 Å². The maximum Gasteiger partial charge on any atom is 0.348 e. The molecule has 6 rings (SSSR count). The van der Waals surface area contributed by atoms with Gasteiger partial charge in [0.2, 0.25) is 11.5 Å². The third-order valence-electron chi connectivity index (χ3n) is 5.90. The Bertz CT molecular complexity index is 1970. The van der Waals surface area contributed by atoms with Crippen LogP contribution in [0.3, 0.4) is 0 Å². The lowest BCUT2D eigenvalue weighted by atomic mass is 10.1. The molecule has 0 bridgehead atoms. The van der Waals surface area contributed by atoms with Gasteiger partial charge in [0.1, 0.15) is 5.39 Å². The van der Waals surface area contributed by atoms with Gasteiger partial charge in [0.05, 0.1) is 12.5 Å². The fraction of sp³-hybridized carbons (Fsp3) is 0.0370. The highest BCUT2D eigenvalue weighted by Crippen LogP contribution is 2.39. The minimum Gasteiger partial charge on any atom is -0.504 e. The van der Waals surface area contributed by atoms with E-state index in [0.29, 0.717) is 21.5 Å². The monoisotopic (exact) mass is 502 g/mol. The zero-order valence-corrected chi connectivity index (χ0v) is 19.1. The van der Waals surface area contributed by atoms with Crippen LogP contribution >= 0.6 is 0 Å². The molecule has 0 saturated heterocycles. The van der Waals surface area contributed by atoms with Gasteiger partial charge in [-0.05, 0) is 42.5 Å². The summed E-state index contributed by atoms with van der Waals surface area (Å²) in [5.74, 6) is -1.87. The number of hydrogen-bond acceptors (Lipinski definition) is 10. The summed E-state index contributed by atoms with van der Waals surface area (Å²) < 4.78 is 15.0. The zero-order valence-electron chi connectivity index (χ0n) is 19.1. The van der Waals surface area contributed by atoms with Crippen LogP contribution in [0.15, 0.2) is 79.1 Å². The molecule has 0 spiro atoms. The number of rotatable bonds is 1. The first-order chi connectivity index (χ1) is 17.7. The molecule has 6 aromatic rings. The Kier molecular flexibility index (Phi) is 5.48. The quantitative estimate of drug-likeness (QED) is 0.123. The summed E-state index contributed by atoms with van der Waals surface area (Å²) in [5, 5.41) is 50.5. The molecule has 0 unspecified atom stereocenters. The summed E-state index contributed by atoms with van der Waals surface area (Å²) >= 11 is 0. The minimum atomic E-state index is -0.920. The summed E-state index contributed by atoms with van der Waals surface area (Å²) in [7, 11) is 1.44. The van der Waals surface area contributed by atoms with Crippen LogP contribution in [0.1, 0.15) is 0 Å². The Hall–Kier alpha value is -5.38. The summed E-state index contributed by atoms with van der Waals surface area (Å²) in [5.41, 5.74) is -1.42. The first-order valence-corrected chi connectivity index (χ1v) is 10.8. The fourth-order valence-corrected chi connectivity index (χ4v) is 4.11. The molecule has 0 fully saturated rings. The first-order valence-electron chi connectivity index (χ1n) is 10.8. The molecule has 0 amide bonds. The molecule has 186 valence electrons. The number of aromatic hydroxyl groups is 5. The molecule has 2 heterocycles. The molecule has 10 nitrogen and oxygen atoms in total. The van der Waals surface area contributed by atoms with Gasteiger partial charge < -0.3 is 39.1 Å². The van der Waals surface area contributed by atoms with E-state index in [1.807, 2.05) is 12.1 Å². The second-order valence-corrected chi connectivity index (χ2v) is 7.98. The van der Waals surface area contributed by atoms with Gasteiger partial charge in [-0.15, -0.1) is 0 Å². The molecule has 0 atom stereocenters. The van der Waals surface area contributed by atoms with E-state index in [1.54, 1.807) is 24.3 Å². The van der Waals surface area contributed by atoms with E-state index in [9.17, 15) is 35.1 Å². The molecule has 37 heavy (non-hydrogen) atoms. The van der Waals surface area contributed by atoms with Crippen molar-refractivity contribution in [1.29, 1.82) is 0 Å². The highest BCUT2D eigenvalue weighted by molar-refractivity contribution is 6.09. The Morgan fingerprint density at radius 1 is 0.568 bits per heavy atom. The van der Waals surface area contributed by atoms with Crippen LogP contribution in [0.25, 0.3) is 43.5 Å². The van der Waals surface area contributed by atoms with E-state index in [1.165, 1.54) is 31.4 Å². The van der Waals surface area contributed by atoms with Crippen molar-refractivity contribution in [3.63, 3.8) is 0 Å². The number of phenols is 5. The predicted molar refractivity (Wildman–Crippen MR) is 135 cm³/mol. The van der Waals surface area contributed by atoms with Gasteiger partial charge in [-0.1, -0.05) is 18.2 Å². The fourth-order valence-electron chi connectivity index (χ4n) is 4.11. The van der Waals surface area contributed by atoms with Crippen molar-refractivity contribution in [1.82, 2.24) is 0 Å². The van der Waals surface area contributed by atoms with Gasteiger partial charge in [0.25, 0.3) is 0 Å². The molecule has 0 aliphatic carbocycles. The normalized spacial score (nSPS) is 11.1. The number of ether oxygens (including phenoxy) is 1. The van der Waals surface area contributed by atoms with Gasteiger partial charge in [0.15, 0.2) is 34.2 Å². The molecule has 5 N–H and O–H groups in total. The molecular formula is C27H18O10. The SMILES string of the molecule is COc1ccc2c(oc(=O)c3ccccc32)c1O.O=c1oc2c(O)c(O)ccc2c2ccc(O)c(O)c12. The average molecular weight is 502 g/mol. The highest BCUT2D eigenvalue weighted by atomic mass is 16.5. The van der Waals surface area contributed by atoms with Gasteiger partial charge in [-0.25, -0.2) is 9.59 Å². The molecular weight excluding hydrogens is 484 g/mol. The Labute approximate surface area is 206 Å². The smallest absolute Gasteiger partial charge is 0.348 e. The van der Waals surface area contributed by atoms with Crippen LogP contribution in [0, 0.1) is 0 Å². The third-order valence-corrected chi connectivity index (χ3v) is 5.90. The second-order valence-electron chi connectivity index (χ2n) is 7.98. The van der Waals surface area contributed by atoms with Crippen molar-refractivity contribution >= 4 is 43.5 Å². The van der Waals surface area contributed by atoms with Gasteiger partial charge in [-0.2, -0.15) is 0 Å². The second kappa shape index (κ2) is 8.68. The number of phenolic OH excluding ortho intramolecular Hbond substituents is 5. The number of methoxy groups -OCH3 is 1. The molecule has 4 aromatic carbocycles. The number of benzene rings is 4. The van der Waals surface area contributed by atoms with Crippen LogP contribution in [-0.2, 0) is 0 Å². The number of hydrogen-bond donors (Lipinski definition) is 5. The molecule has 0 aliphatic rings. The molecule has 2 aromatic heterocycles. The predicted octanol–water partition coefficient (Wildman–Crippen LogP) is 4.43. The van der Waals surface area contributed by atoms with Crippen molar-refractivity contribution in [3.05, 3.63) is 81.5 Å². The summed E-state index contributed by atoms with van der Waals surface area (Å²) in [6, 6.07) is 15.8. The van der Waals surface area contributed by atoms with E-state index in [2.05, 4.69) is 0 Å². The average Bonchev–Trinajstić information content (AvgIpc) is 2.90. The topological polar surface area (TPSA) is 171 Å². The van der Waals surface area contributed by atoms with Crippen LogP contribution in [0.5, 0.6) is 34.5 Å². The molecule has 0 radical (unpaired) electrons. The molecule has 0 saturated carbocycles. The van der Waals surface area contributed by atoms with Crippen molar-refractivity contribution in [3.8, 4) is 34.5 Å². The van der Waals surface area contributed by atoms with Gasteiger partial charge in [-0.3, -0.25) is 0 Å². The van der Waals surface area contributed by atoms with E-state index in [0.717, 1.165) is 5.39 Å². The molecule has 10 heteroatoms. The lowest BCUT2D eigenvalue weighted by molar-refractivity contribution is 0.370. The highest BCUT2D eigenvalue weighted by Gasteiger charge is 2.17. The van der Waals surface area contributed by atoms with Crippen molar-refractivity contribution < 1.29 is 39.1 Å². The zero-order chi connectivity index (χ0) is 26.4. The summed E-state index contributed by atoms with van der Waals surface area (Å²) in [4.78, 5) is 23.6. The van der Waals surface area contributed by atoms with Crippen LogP contribution < -0.4 is 16.0 Å². The summed E-state index contributed by atoms with van der Waals surface area (Å²) in [6.07, 6.45) is 0. The largest absolute Gasteiger partial charge is 0.504 e. The lowest BCUT2D eigenvalue weighted by Crippen LogP contribution is -2.00. The first kappa shape index (κ1) is 23.4. The van der Waals surface area contributed by atoms with Crippen LogP contribution in [-0.4, -0.2) is 32.6 Å². The van der Waals surface area contributed by atoms with Crippen LogP contribution in [0.4, 0.5) is 0 Å². The van der Waals surface area contributed by atoms with E-state index in [4.69, 9.17) is 13.6 Å². The third kappa shape index (κ3) is 3.67. The standard InChI is InChI=1S/C14H10O4.C13H8O6/c1-17-11-7-6-9-8-4-2-3-5-10(8)14(16)18-13(9)12(11)15;14-7-3-1-5-6-2-4-8(15)11(17)12(6)19-13(18)9(5)10(7)16/h2-7,15H,1H3;1-4,14-17H. The van der Waals surface area contributed by atoms with Crippen molar-refractivity contribution in [2.45, 2.75) is 0 Å². The molecule has 0 aliphatic heterocycles. The van der Waals surface area contributed by atoms with E-state index < -0.39 is 34.2 Å². The maximum absolute atomic E-state index is 11.8. The Morgan fingerprint density at radius 2 is 1.11 bits per heavy atom. The van der Waals surface area contributed by atoms with Crippen LogP contribution in [0.2, 0.25) is 0 Å². The Morgan fingerprint density at radius 3 is 1.81 bits per heavy atom. The summed E-state index contributed by atoms with van der Waals surface area (Å²) in [6.45, 7) is 0. The minimum absolute atomic E-state index is 0.151. The van der Waals surface area contributed by atoms with Crippen molar-refractivity contribution in [2.24, 2.45) is 0 Å².